The van der Waals surface area contributed by atoms with Crippen molar-refractivity contribution in [3.05, 3.63) is 58.1 Å². The molecule has 1 N–H and O–H groups in total. The second-order valence-electron chi connectivity index (χ2n) is 4.48. The fourth-order valence-corrected chi connectivity index (χ4v) is 2.62. The molecule has 2 aromatic carbocycles. The first kappa shape index (κ1) is 12.9. The Labute approximate surface area is 125 Å². The zero-order chi connectivity index (χ0) is 14.1. The molecule has 0 radical (unpaired) electrons. The van der Waals surface area contributed by atoms with Gasteiger partial charge in [-0.15, -0.1) is 0 Å². The minimum absolute atomic E-state index is 0.0896. The summed E-state index contributed by atoms with van der Waals surface area (Å²) in [5.41, 5.74) is 3.33. The number of hydrogen-bond acceptors (Lipinski definition) is 2. The van der Waals surface area contributed by atoms with E-state index in [1.807, 2.05) is 48.5 Å². The minimum Gasteiger partial charge on any atom is -0.497 e. The number of fused-ring (bicyclic) bond motifs is 1. The van der Waals surface area contributed by atoms with Crippen molar-refractivity contribution < 1.29 is 9.53 Å². The molecular formula is C16H12BrNO2. The molecule has 1 aliphatic rings. The van der Waals surface area contributed by atoms with Gasteiger partial charge in [0.25, 0.3) is 5.91 Å². The van der Waals surface area contributed by atoms with Crippen molar-refractivity contribution in [1.29, 1.82) is 0 Å². The number of rotatable bonds is 2. The molecule has 3 nitrogen and oxygen atoms in total. The number of methoxy groups -OCH3 is 1. The van der Waals surface area contributed by atoms with Gasteiger partial charge in [-0.2, -0.15) is 0 Å². The van der Waals surface area contributed by atoms with Crippen molar-refractivity contribution >= 4 is 39.2 Å². The summed E-state index contributed by atoms with van der Waals surface area (Å²) < 4.78 is 6.15. The van der Waals surface area contributed by atoms with Gasteiger partial charge in [-0.3, -0.25) is 4.79 Å². The fourth-order valence-electron chi connectivity index (χ4n) is 2.21. The average molecular weight is 330 g/mol. The highest BCUT2D eigenvalue weighted by Gasteiger charge is 2.24. The summed E-state index contributed by atoms with van der Waals surface area (Å²) in [5, 5.41) is 2.86. The molecule has 20 heavy (non-hydrogen) atoms. The molecule has 0 aromatic heterocycles. The summed E-state index contributed by atoms with van der Waals surface area (Å²) in [6, 6.07) is 13.4. The van der Waals surface area contributed by atoms with Crippen LogP contribution in [0.1, 0.15) is 11.1 Å². The fraction of sp³-hybridized carbons (Fsp3) is 0.0625. The lowest BCUT2D eigenvalue weighted by atomic mass is 10.0. The Morgan fingerprint density at radius 3 is 2.80 bits per heavy atom. The number of carbonyl (C=O) groups excluding carboxylic acids is 1. The van der Waals surface area contributed by atoms with Gasteiger partial charge in [0.05, 0.1) is 12.8 Å². The van der Waals surface area contributed by atoms with Gasteiger partial charge in [0, 0.05) is 21.7 Å². The number of hydrogen-bond donors (Lipinski definition) is 1. The number of benzene rings is 2. The highest BCUT2D eigenvalue weighted by molar-refractivity contribution is 9.10. The highest BCUT2D eigenvalue weighted by Crippen LogP contribution is 2.35. The van der Waals surface area contributed by atoms with Crippen molar-refractivity contribution in [3.63, 3.8) is 0 Å². The molecule has 0 atom stereocenters. The molecule has 4 heteroatoms. The maximum absolute atomic E-state index is 12.1. The maximum atomic E-state index is 12.1. The van der Waals surface area contributed by atoms with E-state index in [2.05, 4.69) is 21.2 Å². The van der Waals surface area contributed by atoms with E-state index in [-0.39, 0.29) is 5.91 Å². The van der Waals surface area contributed by atoms with Crippen LogP contribution in [0.25, 0.3) is 11.6 Å². The maximum Gasteiger partial charge on any atom is 0.256 e. The second-order valence-corrected chi connectivity index (χ2v) is 5.39. The molecule has 1 amide bonds. The molecule has 0 saturated heterocycles. The first-order valence-electron chi connectivity index (χ1n) is 6.14. The van der Waals surface area contributed by atoms with E-state index < -0.39 is 0 Å². The quantitative estimate of drug-likeness (QED) is 0.847. The van der Waals surface area contributed by atoms with Crippen LogP contribution in [0.4, 0.5) is 5.69 Å². The van der Waals surface area contributed by atoms with Gasteiger partial charge in [0.1, 0.15) is 5.75 Å². The predicted molar refractivity (Wildman–Crippen MR) is 83.6 cm³/mol. The molecule has 100 valence electrons. The lowest BCUT2D eigenvalue weighted by molar-refractivity contribution is -0.110. The SMILES string of the molecule is COc1ccc2c(c1)NC(=O)C2=Cc1cccc(Br)c1. The number of amides is 1. The standard InChI is InChI=1S/C16H12BrNO2/c1-20-12-5-6-13-14(16(19)18-15(13)9-12)8-10-3-2-4-11(17)7-10/h2-9H,1H3,(H,18,19). The summed E-state index contributed by atoms with van der Waals surface area (Å²) in [6.45, 7) is 0. The van der Waals surface area contributed by atoms with Crippen LogP contribution < -0.4 is 10.1 Å². The van der Waals surface area contributed by atoms with Gasteiger partial charge in [-0.25, -0.2) is 0 Å². The van der Waals surface area contributed by atoms with Crippen LogP contribution in [0, 0.1) is 0 Å². The van der Waals surface area contributed by atoms with Gasteiger partial charge in [-0.05, 0) is 35.9 Å². The van der Waals surface area contributed by atoms with Crippen LogP contribution >= 0.6 is 15.9 Å². The molecular weight excluding hydrogens is 318 g/mol. The zero-order valence-corrected chi connectivity index (χ0v) is 12.4. The lowest BCUT2D eigenvalue weighted by Crippen LogP contribution is -2.03. The summed E-state index contributed by atoms with van der Waals surface area (Å²) in [6.07, 6.45) is 1.89. The number of carbonyl (C=O) groups is 1. The van der Waals surface area contributed by atoms with Crippen LogP contribution in [-0.4, -0.2) is 13.0 Å². The van der Waals surface area contributed by atoms with E-state index in [1.54, 1.807) is 7.11 Å². The Kier molecular flexibility index (Phi) is 3.32. The summed E-state index contributed by atoms with van der Waals surface area (Å²) in [5.74, 6) is 0.640. The molecule has 0 unspecified atom stereocenters. The Bertz CT molecular complexity index is 722. The van der Waals surface area contributed by atoms with Crippen LogP contribution in [0.3, 0.4) is 0 Å². The molecule has 0 spiro atoms. The van der Waals surface area contributed by atoms with Crippen LogP contribution in [0.2, 0.25) is 0 Å². The monoisotopic (exact) mass is 329 g/mol. The van der Waals surface area contributed by atoms with Crippen molar-refractivity contribution in [2.45, 2.75) is 0 Å². The van der Waals surface area contributed by atoms with Gasteiger partial charge in [0.2, 0.25) is 0 Å². The van der Waals surface area contributed by atoms with Crippen LogP contribution in [-0.2, 0) is 4.79 Å². The largest absolute Gasteiger partial charge is 0.497 e. The second kappa shape index (κ2) is 5.13. The summed E-state index contributed by atoms with van der Waals surface area (Å²) >= 11 is 3.43. The Morgan fingerprint density at radius 2 is 2.05 bits per heavy atom. The van der Waals surface area contributed by atoms with E-state index in [4.69, 9.17) is 4.74 Å². The third-order valence-electron chi connectivity index (χ3n) is 3.17. The smallest absolute Gasteiger partial charge is 0.256 e. The van der Waals surface area contributed by atoms with Crippen molar-refractivity contribution in [3.8, 4) is 5.75 Å². The topological polar surface area (TPSA) is 38.3 Å². The Balaban J connectivity index is 2.06. The van der Waals surface area contributed by atoms with Crippen molar-refractivity contribution in [1.82, 2.24) is 0 Å². The normalized spacial score (nSPS) is 15.1. The molecule has 3 rings (SSSR count). The molecule has 0 saturated carbocycles. The highest BCUT2D eigenvalue weighted by atomic mass is 79.9. The molecule has 1 heterocycles. The van der Waals surface area contributed by atoms with E-state index in [1.165, 1.54) is 0 Å². The van der Waals surface area contributed by atoms with Crippen molar-refractivity contribution in [2.24, 2.45) is 0 Å². The van der Waals surface area contributed by atoms with Crippen molar-refractivity contribution in [2.75, 3.05) is 12.4 Å². The Morgan fingerprint density at radius 1 is 1.20 bits per heavy atom. The van der Waals surface area contributed by atoms with Crippen LogP contribution in [0.15, 0.2) is 46.9 Å². The third-order valence-corrected chi connectivity index (χ3v) is 3.66. The summed E-state index contributed by atoms with van der Waals surface area (Å²) in [7, 11) is 1.61. The van der Waals surface area contributed by atoms with E-state index in [9.17, 15) is 4.79 Å². The minimum atomic E-state index is -0.0896. The molecule has 1 aliphatic heterocycles. The average Bonchev–Trinajstić information content (AvgIpc) is 2.74. The number of ether oxygens (including phenoxy) is 1. The van der Waals surface area contributed by atoms with Gasteiger partial charge in [-0.1, -0.05) is 28.1 Å². The predicted octanol–water partition coefficient (Wildman–Crippen LogP) is 3.95. The van der Waals surface area contributed by atoms with E-state index in [0.29, 0.717) is 5.57 Å². The van der Waals surface area contributed by atoms with E-state index in [0.717, 1.165) is 27.0 Å². The third kappa shape index (κ3) is 2.34. The number of anilines is 1. The summed E-state index contributed by atoms with van der Waals surface area (Å²) in [4.78, 5) is 12.1. The molecule has 0 fully saturated rings. The molecule has 0 aliphatic carbocycles. The number of halogens is 1. The first-order chi connectivity index (χ1) is 9.67. The molecule has 2 aromatic rings. The zero-order valence-electron chi connectivity index (χ0n) is 10.8. The van der Waals surface area contributed by atoms with Gasteiger partial charge < -0.3 is 10.1 Å². The number of nitrogens with one attached hydrogen (secondary N) is 1. The lowest BCUT2D eigenvalue weighted by Gasteiger charge is -2.02. The van der Waals surface area contributed by atoms with Gasteiger partial charge in [0.15, 0.2) is 0 Å². The first-order valence-corrected chi connectivity index (χ1v) is 6.94. The Hall–Kier alpha value is -2.07. The molecule has 0 bridgehead atoms. The van der Waals surface area contributed by atoms with Crippen LogP contribution in [0.5, 0.6) is 5.75 Å². The van der Waals surface area contributed by atoms with E-state index >= 15 is 0 Å². The van der Waals surface area contributed by atoms with Gasteiger partial charge >= 0.3 is 0 Å².